The second kappa shape index (κ2) is 4.93. The Labute approximate surface area is 107 Å². The molecule has 1 heterocycles. The summed E-state index contributed by atoms with van der Waals surface area (Å²) < 4.78 is 24.0. The van der Waals surface area contributed by atoms with Crippen LogP contribution in [-0.4, -0.2) is 30.6 Å². The highest BCUT2D eigenvalue weighted by molar-refractivity contribution is 7.92. The zero-order chi connectivity index (χ0) is 14.0. The van der Waals surface area contributed by atoms with E-state index < -0.39 is 27.0 Å². The molecule has 0 atom stereocenters. The lowest BCUT2D eigenvalue weighted by atomic mass is 10.1. The minimum Gasteiger partial charge on any atom is -0.396 e. The molecule has 0 aliphatic carbocycles. The molecule has 0 radical (unpaired) electrons. The van der Waals surface area contributed by atoms with Gasteiger partial charge in [-0.2, -0.15) is 0 Å². The molecular formula is C11H17N3O3S. The fraction of sp³-hybridized carbons (Fsp3) is 0.455. The molecule has 1 aromatic rings. The highest BCUT2D eigenvalue weighted by atomic mass is 32.2. The van der Waals surface area contributed by atoms with Crippen LogP contribution in [0.5, 0.6) is 0 Å². The number of aromatic nitrogens is 1. The fourth-order valence-electron chi connectivity index (χ4n) is 1.38. The van der Waals surface area contributed by atoms with Gasteiger partial charge >= 0.3 is 0 Å². The number of carbonyl (C=O) groups excluding carboxylic acids is 1. The molecule has 0 bridgehead atoms. The summed E-state index contributed by atoms with van der Waals surface area (Å²) in [6.07, 6.45) is 2.57. The molecule has 6 nitrogen and oxygen atoms in total. The third-order valence-electron chi connectivity index (χ3n) is 1.98. The molecule has 0 aromatic carbocycles. The molecule has 0 saturated carbocycles. The van der Waals surface area contributed by atoms with Gasteiger partial charge in [-0.3, -0.25) is 9.78 Å². The summed E-state index contributed by atoms with van der Waals surface area (Å²) in [6.45, 7) is 5.33. The molecule has 3 N–H and O–H groups in total. The smallest absolute Gasteiger partial charge is 0.235 e. The van der Waals surface area contributed by atoms with E-state index in [9.17, 15) is 13.2 Å². The topological polar surface area (TPSA) is 102 Å². The Kier molecular flexibility index (Phi) is 3.95. The number of nitrogens with one attached hydrogen (secondary N) is 1. The van der Waals surface area contributed by atoms with Crippen LogP contribution in [0.1, 0.15) is 20.8 Å². The Morgan fingerprint density at radius 2 is 2.06 bits per heavy atom. The largest absolute Gasteiger partial charge is 0.396 e. The van der Waals surface area contributed by atoms with Crippen LogP contribution in [0, 0.1) is 0 Å². The van der Waals surface area contributed by atoms with Crippen molar-refractivity contribution >= 4 is 21.4 Å². The van der Waals surface area contributed by atoms with Crippen LogP contribution in [-0.2, 0) is 14.6 Å². The molecule has 0 saturated heterocycles. The van der Waals surface area contributed by atoms with Gasteiger partial charge in [-0.25, -0.2) is 8.42 Å². The molecular weight excluding hydrogens is 254 g/mol. The maximum atomic E-state index is 12.0. The zero-order valence-electron chi connectivity index (χ0n) is 10.6. The van der Waals surface area contributed by atoms with Crippen molar-refractivity contribution in [1.82, 2.24) is 10.3 Å². The normalized spacial score (nSPS) is 12.2. The molecule has 0 fully saturated rings. The van der Waals surface area contributed by atoms with Gasteiger partial charge in [0, 0.05) is 11.7 Å². The van der Waals surface area contributed by atoms with E-state index in [-0.39, 0.29) is 10.6 Å². The minimum absolute atomic E-state index is 0.0426. The highest BCUT2D eigenvalue weighted by Gasteiger charge is 2.24. The van der Waals surface area contributed by atoms with Crippen LogP contribution < -0.4 is 11.1 Å². The summed E-state index contributed by atoms with van der Waals surface area (Å²) in [5.74, 6) is -1.18. The summed E-state index contributed by atoms with van der Waals surface area (Å²) in [5.41, 5.74) is 5.10. The summed E-state index contributed by atoms with van der Waals surface area (Å²) in [7, 11) is -3.74. The molecule has 1 rings (SSSR count). The molecule has 0 unspecified atom stereocenters. The van der Waals surface area contributed by atoms with Crippen LogP contribution in [0.3, 0.4) is 0 Å². The van der Waals surface area contributed by atoms with Crippen molar-refractivity contribution in [3.8, 4) is 0 Å². The first-order valence-electron chi connectivity index (χ1n) is 5.35. The van der Waals surface area contributed by atoms with Gasteiger partial charge in [0.15, 0.2) is 9.84 Å². The third kappa shape index (κ3) is 3.99. The zero-order valence-corrected chi connectivity index (χ0v) is 11.4. The predicted octanol–water partition coefficient (Wildman–Crippen LogP) is 0.352. The fourth-order valence-corrected chi connectivity index (χ4v) is 2.63. The van der Waals surface area contributed by atoms with Gasteiger partial charge < -0.3 is 11.1 Å². The number of amides is 1. The van der Waals surface area contributed by atoms with Gasteiger partial charge in [-0.05, 0) is 26.8 Å². The van der Waals surface area contributed by atoms with Crippen molar-refractivity contribution in [1.29, 1.82) is 0 Å². The Hall–Kier alpha value is -1.63. The van der Waals surface area contributed by atoms with Crippen molar-refractivity contribution in [2.75, 3.05) is 11.5 Å². The number of pyridine rings is 1. The maximum Gasteiger partial charge on any atom is 0.235 e. The standard InChI is InChI=1S/C11H17N3O3S/c1-11(2,3)14-10(15)7-18(16,17)9-4-5-13-6-8(9)12/h4-6H,7,12H2,1-3H3,(H,14,15). The number of hydrogen-bond acceptors (Lipinski definition) is 5. The number of rotatable bonds is 3. The van der Waals surface area contributed by atoms with Gasteiger partial charge in [0.2, 0.25) is 5.91 Å². The first-order chi connectivity index (χ1) is 8.12. The first kappa shape index (κ1) is 14.4. The lowest BCUT2D eigenvalue weighted by molar-refractivity contribution is -0.120. The van der Waals surface area contributed by atoms with E-state index >= 15 is 0 Å². The Morgan fingerprint density at radius 1 is 1.44 bits per heavy atom. The Morgan fingerprint density at radius 3 is 2.56 bits per heavy atom. The molecule has 0 spiro atoms. The molecule has 18 heavy (non-hydrogen) atoms. The van der Waals surface area contributed by atoms with Crippen molar-refractivity contribution in [3.63, 3.8) is 0 Å². The number of nitrogen functional groups attached to an aromatic ring is 1. The molecule has 7 heteroatoms. The summed E-state index contributed by atoms with van der Waals surface area (Å²) in [4.78, 5) is 15.3. The first-order valence-corrected chi connectivity index (χ1v) is 7.00. The molecule has 1 amide bonds. The van der Waals surface area contributed by atoms with Crippen molar-refractivity contribution in [2.24, 2.45) is 0 Å². The van der Waals surface area contributed by atoms with Gasteiger partial charge in [0.25, 0.3) is 0 Å². The number of anilines is 1. The monoisotopic (exact) mass is 271 g/mol. The van der Waals surface area contributed by atoms with E-state index in [1.54, 1.807) is 20.8 Å². The van der Waals surface area contributed by atoms with Crippen molar-refractivity contribution in [3.05, 3.63) is 18.5 Å². The SMILES string of the molecule is CC(C)(C)NC(=O)CS(=O)(=O)c1ccncc1N. The average Bonchev–Trinajstić information content (AvgIpc) is 2.13. The summed E-state index contributed by atoms with van der Waals surface area (Å²) >= 11 is 0. The van der Waals surface area contributed by atoms with Crippen LogP contribution in [0.2, 0.25) is 0 Å². The van der Waals surface area contributed by atoms with Gasteiger partial charge in [-0.15, -0.1) is 0 Å². The average molecular weight is 271 g/mol. The molecule has 1 aromatic heterocycles. The van der Waals surface area contributed by atoms with E-state index in [4.69, 9.17) is 5.73 Å². The van der Waals surface area contributed by atoms with Crippen molar-refractivity contribution < 1.29 is 13.2 Å². The lowest BCUT2D eigenvalue weighted by Gasteiger charge is -2.20. The van der Waals surface area contributed by atoms with Gasteiger partial charge in [-0.1, -0.05) is 0 Å². The van der Waals surface area contributed by atoms with E-state index in [1.807, 2.05) is 0 Å². The second-order valence-corrected chi connectivity index (χ2v) is 6.93. The number of sulfone groups is 1. The van der Waals surface area contributed by atoms with E-state index in [2.05, 4.69) is 10.3 Å². The predicted molar refractivity (Wildman–Crippen MR) is 68.6 cm³/mol. The van der Waals surface area contributed by atoms with Crippen LogP contribution >= 0.6 is 0 Å². The molecule has 100 valence electrons. The lowest BCUT2D eigenvalue weighted by Crippen LogP contribution is -2.43. The van der Waals surface area contributed by atoms with Crippen molar-refractivity contribution in [2.45, 2.75) is 31.2 Å². The highest BCUT2D eigenvalue weighted by Crippen LogP contribution is 2.17. The number of carbonyl (C=O) groups is 1. The van der Waals surface area contributed by atoms with Gasteiger partial charge in [0.1, 0.15) is 5.75 Å². The quantitative estimate of drug-likeness (QED) is 0.826. The van der Waals surface area contributed by atoms with E-state index in [0.29, 0.717) is 0 Å². The van der Waals surface area contributed by atoms with Gasteiger partial charge in [0.05, 0.1) is 16.8 Å². The number of hydrogen-bond donors (Lipinski definition) is 2. The number of nitrogens with two attached hydrogens (primary N) is 1. The summed E-state index contributed by atoms with van der Waals surface area (Å²) in [5, 5.41) is 2.59. The third-order valence-corrected chi connectivity index (χ3v) is 3.66. The Balaban J connectivity index is 2.91. The summed E-state index contributed by atoms with van der Waals surface area (Å²) in [6, 6.07) is 1.29. The van der Waals surface area contributed by atoms with Crippen LogP contribution in [0.4, 0.5) is 5.69 Å². The van der Waals surface area contributed by atoms with Crippen LogP contribution in [0.15, 0.2) is 23.4 Å². The molecule has 0 aliphatic heterocycles. The Bertz CT molecular complexity index is 547. The maximum absolute atomic E-state index is 12.0. The van der Waals surface area contributed by atoms with E-state index in [0.717, 1.165) is 0 Å². The minimum atomic E-state index is -3.74. The van der Waals surface area contributed by atoms with E-state index in [1.165, 1.54) is 18.5 Å². The second-order valence-electron chi connectivity index (χ2n) is 4.97. The molecule has 0 aliphatic rings. The van der Waals surface area contributed by atoms with Crippen LogP contribution in [0.25, 0.3) is 0 Å². The number of nitrogens with zero attached hydrogens (tertiary/aromatic N) is 1.